The minimum absolute atomic E-state index is 0.000822. The van der Waals surface area contributed by atoms with Crippen LogP contribution in [0.2, 0.25) is 0 Å². The second kappa shape index (κ2) is 8.44. The van der Waals surface area contributed by atoms with Crippen LogP contribution in [0.5, 0.6) is 0 Å². The number of likely N-dealkylation sites (tertiary alicyclic amines) is 1. The van der Waals surface area contributed by atoms with Crippen molar-refractivity contribution in [3.05, 3.63) is 29.8 Å². The van der Waals surface area contributed by atoms with Gasteiger partial charge >= 0.3 is 5.97 Å². The molecule has 0 spiro atoms. The fourth-order valence-corrected chi connectivity index (χ4v) is 3.74. The van der Waals surface area contributed by atoms with E-state index in [0.717, 1.165) is 31.7 Å². The van der Waals surface area contributed by atoms with Crippen LogP contribution in [0.1, 0.15) is 25.3 Å². The van der Waals surface area contributed by atoms with Crippen LogP contribution in [-0.4, -0.2) is 38.0 Å². The summed E-state index contributed by atoms with van der Waals surface area (Å²) in [6, 6.07) is 8.69. The van der Waals surface area contributed by atoms with Crippen LogP contribution in [-0.2, 0) is 9.53 Å². The summed E-state index contributed by atoms with van der Waals surface area (Å²) in [4.78, 5) is 14.7. The van der Waals surface area contributed by atoms with E-state index in [4.69, 9.17) is 4.74 Å². The molecule has 1 heterocycles. The maximum atomic E-state index is 11.8. The topological polar surface area (TPSA) is 30.7 Å². The van der Waals surface area contributed by atoms with E-state index < -0.39 is 0 Å². The maximum Gasteiger partial charge on any atom is 0.314 e. The predicted octanol–water partition coefficient (Wildman–Crippen LogP) is 1.95. The first-order chi connectivity index (χ1) is 10.2. The highest BCUT2D eigenvalue weighted by atomic mass is 32.2. The van der Waals surface area contributed by atoms with Crippen LogP contribution in [0.15, 0.2) is 29.2 Å². The molecule has 1 fully saturated rings. The Kier molecular flexibility index (Phi) is 6.58. The van der Waals surface area contributed by atoms with Crippen LogP contribution in [0.4, 0.5) is 0 Å². The molecule has 2 rings (SSSR count). The normalized spacial score (nSPS) is 22.0. The van der Waals surface area contributed by atoms with Gasteiger partial charge in [-0.15, -0.1) is 11.8 Å². The number of piperidine rings is 1. The van der Waals surface area contributed by atoms with E-state index in [-0.39, 0.29) is 11.9 Å². The summed E-state index contributed by atoms with van der Waals surface area (Å²) >= 11 is 1.91. The number of rotatable bonds is 6. The summed E-state index contributed by atoms with van der Waals surface area (Å²) in [7, 11) is 0. The third-order valence-electron chi connectivity index (χ3n) is 3.98. The highest BCUT2D eigenvalue weighted by Crippen LogP contribution is 2.17. The summed E-state index contributed by atoms with van der Waals surface area (Å²) in [6.45, 7) is 7.73. The van der Waals surface area contributed by atoms with Gasteiger partial charge in [-0.25, -0.2) is 0 Å². The van der Waals surface area contributed by atoms with E-state index in [1.807, 2.05) is 18.7 Å². The van der Waals surface area contributed by atoms with Gasteiger partial charge in [0, 0.05) is 10.6 Å². The molecule has 1 aromatic carbocycles. The van der Waals surface area contributed by atoms with Crippen molar-refractivity contribution in [2.24, 2.45) is 5.92 Å². The van der Waals surface area contributed by atoms with Crippen molar-refractivity contribution < 1.29 is 14.4 Å². The van der Waals surface area contributed by atoms with Crippen molar-refractivity contribution >= 4 is 17.7 Å². The van der Waals surface area contributed by atoms with Gasteiger partial charge in [-0.3, -0.25) is 4.79 Å². The quantitative estimate of drug-likeness (QED) is 0.644. The second-order valence-electron chi connectivity index (χ2n) is 5.71. The van der Waals surface area contributed by atoms with E-state index >= 15 is 0 Å². The molecule has 1 N–H and O–H groups in total. The number of benzene rings is 1. The first-order valence-electron chi connectivity index (χ1n) is 7.88. The lowest BCUT2D eigenvalue weighted by Crippen LogP contribution is -3.14. The van der Waals surface area contributed by atoms with Gasteiger partial charge in [-0.05, 0) is 38.8 Å². The van der Waals surface area contributed by atoms with Crippen LogP contribution in [0.25, 0.3) is 0 Å². The lowest BCUT2D eigenvalue weighted by atomic mass is 9.98. The van der Waals surface area contributed by atoms with Gasteiger partial charge in [0.05, 0.1) is 26.2 Å². The Bertz CT molecular complexity index is 447. The molecule has 2 atom stereocenters. The zero-order valence-electron chi connectivity index (χ0n) is 13.1. The van der Waals surface area contributed by atoms with Gasteiger partial charge in [-0.1, -0.05) is 17.7 Å². The van der Waals surface area contributed by atoms with Crippen molar-refractivity contribution in [3.8, 4) is 0 Å². The van der Waals surface area contributed by atoms with E-state index in [0.29, 0.717) is 6.61 Å². The van der Waals surface area contributed by atoms with Crippen molar-refractivity contribution in [2.75, 3.05) is 32.0 Å². The SMILES string of the molecule is CCOC(=O)[C@@H]1CCC[NH+](CCSc2ccc(C)cc2)C1. The van der Waals surface area contributed by atoms with Gasteiger partial charge in [0.2, 0.25) is 0 Å². The smallest absolute Gasteiger partial charge is 0.314 e. The van der Waals surface area contributed by atoms with Crippen LogP contribution in [0.3, 0.4) is 0 Å². The van der Waals surface area contributed by atoms with Crippen LogP contribution < -0.4 is 4.90 Å². The average molecular weight is 308 g/mol. The number of ether oxygens (including phenoxy) is 1. The molecule has 0 aliphatic carbocycles. The molecule has 0 saturated carbocycles. The zero-order chi connectivity index (χ0) is 15.1. The van der Waals surface area contributed by atoms with Crippen molar-refractivity contribution in [2.45, 2.75) is 31.6 Å². The Labute approximate surface area is 132 Å². The number of nitrogens with one attached hydrogen (secondary N) is 1. The molecule has 0 radical (unpaired) electrons. The Hall–Kier alpha value is -1.00. The standard InChI is InChI=1S/C17H25NO2S/c1-3-20-17(19)15-5-4-10-18(13-15)11-12-21-16-8-6-14(2)7-9-16/h6-9,15H,3-5,10-13H2,1-2H3/p+1/t15-/m1/s1. The maximum absolute atomic E-state index is 11.8. The minimum Gasteiger partial charge on any atom is -0.466 e. The molecule has 21 heavy (non-hydrogen) atoms. The van der Waals surface area contributed by atoms with Crippen molar-refractivity contribution in [1.29, 1.82) is 0 Å². The molecule has 1 unspecified atom stereocenters. The summed E-state index contributed by atoms with van der Waals surface area (Å²) in [5, 5.41) is 0. The monoisotopic (exact) mass is 308 g/mol. The number of carbonyl (C=O) groups is 1. The lowest BCUT2D eigenvalue weighted by molar-refractivity contribution is -0.905. The van der Waals surface area contributed by atoms with Crippen LogP contribution in [0, 0.1) is 12.8 Å². The number of quaternary nitrogens is 1. The highest BCUT2D eigenvalue weighted by molar-refractivity contribution is 7.99. The van der Waals surface area contributed by atoms with Crippen molar-refractivity contribution in [1.82, 2.24) is 0 Å². The highest BCUT2D eigenvalue weighted by Gasteiger charge is 2.29. The third-order valence-corrected chi connectivity index (χ3v) is 5.00. The predicted molar refractivity (Wildman–Crippen MR) is 86.8 cm³/mol. The van der Waals surface area contributed by atoms with Gasteiger partial charge in [0.1, 0.15) is 5.92 Å². The lowest BCUT2D eigenvalue weighted by Gasteiger charge is -2.28. The number of hydrogen-bond acceptors (Lipinski definition) is 3. The van der Waals surface area contributed by atoms with E-state index in [2.05, 4.69) is 31.2 Å². The Morgan fingerprint density at radius 3 is 2.86 bits per heavy atom. The number of thioether (sulfide) groups is 1. The molecule has 1 saturated heterocycles. The molecule has 0 bridgehead atoms. The van der Waals surface area contributed by atoms with E-state index in [9.17, 15) is 4.79 Å². The minimum atomic E-state index is 0.000822. The van der Waals surface area contributed by atoms with E-state index in [1.54, 1.807) is 4.90 Å². The Balaban J connectivity index is 1.72. The first-order valence-corrected chi connectivity index (χ1v) is 8.87. The molecule has 0 amide bonds. The fraction of sp³-hybridized carbons (Fsp3) is 0.588. The third kappa shape index (κ3) is 5.36. The molecule has 1 aromatic rings. The Morgan fingerprint density at radius 1 is 1.38 bits per heavy atom. The van der Waals surface area contributed by atoms with Gasteiger partial charge in [0.15, 0.2) is 0 Å². The summed E-state index contributed by atoms with van der Waals surface area (Å²) in [5.74, 6) is 1.22. The summed E-state index contributed by atoms with van der Waals surface area (Å²) in [6.07, 6.45) is 2.13. The molecule has 1 aliphatic rings. The van der Waals surface area contributed by atoms with Gasteiger partial charge in [0.25, 0.3) is 0 Å². The second-order valence-corrected chi connectivity index (χ2v) is 6.88. The number of hydrogen-bond donors (Lipinski definition) is 1. The Morgan fingerprint density at radius 2 is 2.14 bits per heavy atom. The molecular formula is C17H26NO2S+. The summed E-state index contributed by atoms with van der Waals surface area (Å²) < 4.78 is 5.16. The molecule has 4 heteroatoms. The first kappa shape index (κ1) is 16.4. The van der Waals surface area contributed by atoms with Gasteiger partial charge in [-0.2, -0.15) is 0 Å². The zero-order valence-corrected chi connectivity index (χ0v) is 13.9. The van der Waals surface area contributed by atoms with Crippen LogP contribution >= 0.6 is 11.8 Å². The van der Waals surface area contributed by atoms with Gasteiger partial charge < -0.3 is 9.64 Å². The molecule has 3 nitrogen and oxygen atoms in total. The van der Waals surface area contributed by atoms with E-state index in [1.165, 1.54) is 17.0 Å². The fourth-order valence-electron chi connectivity index (χ4n) is 2.79. The number of aryl methyl sites for hydroxylation is 1. The molecular weight excluding hydrogens is 282 g/mol. The molecule has 1 aliphatic heterocycles. The average Bonchev–Trinajstić information content (AvgIpc) is 2.50. The molecule has 116 valence electrons. The summed E-state index contributed by atoms with van der Waals surface area (Å²) in [5.41, 5.74) is 1.30. The van der Waals surface area contributed by atoms with Crippen molar-refractivity contribution in [3.63, 3.8) is 0 Å². The number of carbonyl (C=O) groups excluding carboxylic acids is 1. The number of esters is 1. The largest absolute Gasteiger partial charge is 0.466 e. The molecule has 0 aromatic heterocycles.